The average molecular weight is 479 g/mol. The summed E-state index contributed by atoms with van der Waals surface area (Å²) in [6, 6.07) is 1.55. The maximum atomic E-state index is 12.7. The summed E-state index contributed by atoms with van der Waals surface area (Å²) >= 11 is 6.17. The number of carboxylic acids is 1. The number of carboxylic acid groups (broad SMARTS) is 1. The van der Waals surface area contributed by atoms with Crippen LogP contribution in [0.15, 0.2) is 30.9 Å². The first kappa shape index (κ1) is 21.1. The standard InChI is InChI=1S/C24H23ClN6O3/c1-26-23(32)17-10-31(19-12-4-2-11(3-5-12)18(19)24(33)34)22-16(17)9-29-21(30-22)15-8-28-20-14(15)6-13(25)7-27-20/h6-12,18-19H,2-5H2,1H3,(H,26,32)(H,27,28)(H,33,34)/t11?,12?,18-,19-/m0/s1. The molecule has 0 spiro atoms. The van der Waals surface area contributed by atoms with Gasteiger partial charge in [-0.2, -0.15) is 0 Å². The van der Waals surface area contributed by atoms with Crippen molar-refractivity contribution in [3.8, 4) is 11.4 Å². The molecule has 3 N–H and O–H groups in total. The number of carbonyl (C=O) groups excluding carboxylic acids is 1. The zero-order chi connectivity index (χ0) is 23.6. The number of pyridine rings is 1. The Bertz CT molecular complexity index is 1450. The molecule has 0 aromatic carbocycles. The largest absolute Gasteiger partial charge is 0.481 e. The number of fused-ring (bicyclic) bond motifs is 5. The number of aromatic amines is 1. The van der Waals surface area contributed by atoms with Crippen molar-refractivity contribution >= 4 is 45.5 Å². The molecule has 10 heteroatoms. The van der Waals surface area contributed by atoms with Gasteiger partial charge in [0.15, 0.2) is 5.82 Å². The number of carbonyl (C=O) groups is 2. The third-order valence-corrected chi connectivity index (χ3v) is 7.77. The molecule has 2 atom stereocenters. The summed E-state index contributed by atoms with van der Waals surface area (Å²) in [4.78, 5) is 41.9. The van der Waals surface area contributed by atoms with Crippen LogP contribution in [0.25, 0.3) is 33.5 Å². The van der Waals surface area contributed by atoms with Gasteiger partial charge in [-0.05, 0) is 43.6 Å². The van der Waals surface area contributed by atoms with Crippen molar-refractivity contribution in [1.82, 2.24) is 29.8 Å². The fourth-order valence-electron chi connectivity index (χ4n) is 6.03. The van der Waals surface area contributed by atoms with Crippen molar-refractivity contribution in [2.45, 2.75) is 31.7 Å². The van der Waals surface area contributed by atoms with Gasteiger partial charge in [0.25, 0.3) is 5.91 Å². The summed E-state index contributed by atoms with van der Waals surface area (Å²) in [5.74, 6) is -0.718. The Morgan fingerprint density at radius 3 is 2.65 bits per heavy atom. The van der Waals surface area contributed by atoms with Crippen LogP contribution in [0.3, 0.4) is 0 Å². The number of H-pyrrole nitrogens is 1. The number of nitrogens with one attached hydrogen (secondary N) is 2. The number of hydrogen-bond acceptors (Lipinski definition) is 5. The van der Waals surface area contributed by atoms with Gasteiger partial charge in [0.2, 0.25) is 0 Å². The number of rotatable bonds is 4. The van der Waals surface area contributed by atoms with Crippen LogP contribution in [-0.4, -0.2) is 48.5 Å². The highest BCUT2D eigenvalue weighted by Gasteiger charge is 2.48. The maximum absolute atomic E-state index is 12.7. The lowest BCUT2D eigenvalue weighted by Crippen LogP contribution is -2.45. The summed E-state index contributed by atoms with van der Waals surface area (Å²) in [6.45, 7) is 0. The molecule has 2 bridgehead atoms. The molecule has 3 fully saturated rings. The molecule has 1 amide bonds. The van der Waals surface area contributed by atoms with E-state index in [-0.39, 0.29) is 23.8 Å². The van der Waals surface area contributed by atoms with Crippen LogP contribution in [0.1, 0.15) is 42.1 Å². The van der Waals surface area contributed by atoms with E-state index in [9.17, 15) is 14.7 Å². The second-order valence-electron chi connectivity index (χ2n) is 9.24. The summed E-state index contributed by atoms with van der Waals surface area (Å²) in [5.41, 5.74) is 2.41. The smallest absolute Gasteiger partial charge is 0.308 e. The molecule has 34 heavy (non-hydrogen) atoms. The highest BCUT2D eigenvalue weighted by Crippen LogP contribution is 2.52. The van der Waals surface area contributed by atoms with Crippen molar-refractivity contribution in [3.05, 3.63) is 41.4 Å². The van der Waals surface area contributed by atoms with Gasteiger partial charge in [-0.3, -0.25) is 9.59 Å². The predicted octanol–water partition coefficient (Wildman–Crippen LogP) is 4.05. The first-order valence-electron chi connectivity index (χ1n) is 11.4. The number of nitrogens with zero attached hydrogens (tertiary/aromatic N) is 4. The molecule has 0 aliphatic heterocycles. The number of hydrogen-bond donors (Lipinski definition) is 3. The molecule has 174 valence electrons. The van der Waals surface area contributed by atoms with Crippen molar-refractivity contribution in [2.75, 3.05) is 7.05 Å². The van der Waals surface area contributed by atoms with E-state index < -0.39 is 11.9 Å². The van der Waals surface area contributed by atoms with Crippen LogP contribution in [0.5, 0.6) is 0 Å². The quantitative estimate of drug-likeness (QED) is 0.406. The van der Waals surface area contributed by atoms with E-state index in [1.807, 2.05) is 4.57 Å². The van der Waals surface area contributed by atoms with Crippen LogP contribution >= 0.6 is 11.6 Å². The number of aromatic nitrogens is 5. The van der Waals surface area contributed by atoms with Crippen LogP contribution < -0.4 is 5.32 Å². The molecule has 4 aromatic rings. The van der Waals surface area contributed by atoms with Gasteiger partial charge < -0.3 is 20.0 Å². The van der Waals surface area contributed by atoms with E-state index >= 15 is 0 Å². The van der Waals surface area contributed by atoms with Crippen LogP contribution in [0.4, 0.5) is 0 Å². The van der Waals surface area contributed by atoms with Crippen molar-refractivity contribution in [3.63, 3.8) is 0 Å². The molecule has 0 radical (unpaired) electrons. The molecule has 4 aromatic heterocycles. The molecule has 0 unspecified atom stereocenters. The Morgan fingerprint density at radius 1 is 1.15 bits per heavy atom. The van der Waals surface area contributed by atoms with Crippen molar-refractivity contribution in [1.29, 1.82) is 0 Å². The molecule has 3 saturated carbocycles. The van der Waals surface area contributed by atoms with Crippen molar-refractivity contribution in [2.24, 2.45) is 17.8 Å². The Hall–Kier alpha value is -3.46. The normalized spacial score (nSPS) is 24.1. The van der Waals surface area contributed by atoms with Crippen molar-refractivity contribution < 1.29 is 14.7 Å². The lowest BCUT2D eigenvalue weighted by Gasteiger charge is -2.47. The zero-order valence-electron chi connectivity index (χ0n) is 18.5. The summed E-state index contributed by atoms with van der Waals surface area (Å²) in [7, 11) is 1.58. The Balaban J connectivity index is 1.57. The fraction of sp³-hybridized carbons (Fsp3) is 0.375. The van der Waals surface area contributed by atoms with Gasteiger partial charge in [-0.1, -0.05) is 11.6 Å². The fourth-order valence-corrected chi connectivity index (χ4v) is 6.19. The highest BCUT2D eigenvalue weighted by molar-refractivity contribution is 6.31. The molecular formula is C24H23ClN6O3. The summed E-state index contributed by atoms with van der Waals surface area (Å²) < 4.78 is 1.93. The van der Waals surface area contributed by atoms with Gasteiger partial charge in [0.05, 0.1) is 27.9 Å². The molecular weight excluding hydrogens is 456 g/mol. The van der Waals surface area contributed by atoms with E-state index in [1.165, 1.54) is 0 Å². The lowest BCUT2D eigenvalue weighted by molar-refractivity contribution is -0.151. The third kappa shape index (κ3) is 3.10. The summed E-state index contributed by atoms with van der Waals surface area (Å²) in [6.07, 6.45) is 10.6. The Labute approximate surface area is 199 Å². The van der Waals surface area contributed by atoms with Gasteiger partial charge >= 0.3 is 5.97 Å². The zero-order valence-corrected chi connectivity index (χ0v) is 19.2. The molecule has 9 nitrogen and oxygen atoms in total. The Morgan fingerprint density at radius 2 is 1.91 bits per heavy atom. The monoisotopic (exact) mass is 478 g/mol. The number of amides is 1. The van der Waals surface area contributed by atoms with Crippen LogP contribution in [-0.2, 0) is 4.79 Å². The molecule has 3 aliphatic carbocycles. The number of aliphatic carboxylic acids is 1. The highest BCUT2D eigenvalue weighted by atomic mass is 35.5. The van der Waals surface area contributed by atoms with Gasteiger partial charge in [0, 0.05) is 42.8 Å². The topological polar surface area (TPSA) is 126 Å². The third-order valence-electron chi connectivity index (χ3n) is 7.56. The van der Waals surface area contributed by atoms with Crippen LogP contribution in [0, 0.1) is 17.8 Å². The predicted molar refractivity (Wildman–Crippen MR) is 127 cm³/mol. The minimum atomic E-state index is -0.783. The average Bonchev–Trinajstić information content (AvgIpc) is 3.44. The van der Waals surface area contributed by atoms with Gasteiger partial charge in [-0.25, -0.2) is 15.0 Å². The van der Waals surface area contributed by atoms with E-state index in [4.69, 9.17) is 16.6 Å². The number of halogens is 1. The maximum Gasteiger partial charge on any atom is 0.308 e. The van der Waals surface area contributed by atoms with E-state index in [1.54, 1.807) is 37.9 Å². The SMILES string of the molecule is CNC(=O)c1cn([C@H]2C3CCC(CC3)[C@@H]2C(=O)O)c2nc(-c3c[nH]c4ncc(Cl)cc34)ncc12. The van der Waals surface area contributed by atoms with E-state index in [0.29, 0.717) is 33.1 Å². The summed E-state index contributed by atoms with van der Waals surface area (Å²) in [5, 5.41) is 14.7. The second-order valence-corrected chi connectivity index (χ2v) is 9.68. The van der Waals surface area contributed by atoms with Gasteiger partial charge in [0.1, 0.15) is 11.3 Å². The molecule has 4 heterocycles. The molecule has 0 saturated heterocycles. The Kier molecular flexibility index (Phi) is 4.84. The lowest BCUT2D eigenvalue weighted by atomic mass is 9.61. The molecule has 7 rings (SSSR count). The second kappa shape index (κ2) is 7.80. The van der Waals surface area contributed by atoms with Crippen LogP contribution in [0.2, 0.25) is 5.02 Å². The van der Waals surface area contributed by atoms with E-state index in [2.05, 4.69) is 20.3 Å². The molecule has 3 aliphatic rings. The minimum Gasteiger partial charge on any atom is -0.481 e. The van der Waals surface area contributed by atoms with E-state index in [0.717, 1.165) is 36.6 Å². The first-order chi connectivity index (χ1) is 16.5. The minimum absolute atomic E-state index is 0.136. The first-order valence-corrected chi connectivity index (χ1v) is 11.8. The van der Waals surface area contributed by atoms with Gasteiger partial charge in [-0.15, -0.1) is 0 Å².